The van der Waals surface area contributed by atoms with E-state index in [9.17, 15) is 14.4 Å². The summed E-state index contributed by atoms with van der Waals surface area (Å²) in [4.78, 5) is 38.2. The Morgan fingerprint density at radius 2 is 0.529 bits per heavy atom. The van der Waals surface area contributed by atoms with Crippen LogP contribution in [0.1, 0.15) is 335 Å². The number of esters is 3. The molecular weight excluding hydrogens is 841 g/mol. The van der Waals surface area contributed by atoms with Crippen LogP contribution < -0.4 is 0 Å². The molecular formula is C62H116O6. The summed E-state index contributed by atoms with van der Waals surface area (Å²) >= 11 is 0. The summed E-state index contributed by atoms with van der Waals surface area (Å²) in [5.41, 5.74) is 0. The molecule has 0 radical (unpaired) electrons. The van der Waals surface area contributed by atoms with E-state index in [0.717, 1.165) is 64.2 Å². The minimum absolute atomic E-state index is 0.0666. The van der Waals surface area contributed by atoms with Gasteiger partial charge in [-0.1, -0.05) is 289 Å². The monoisotopic (exact) mass is 957 g/mol. The Labute approximate surface area is 423 Å². The molecule has 0 N–H and O–H groups in total. The second-order valence-corrected chi connectivity index (χ2v) is 20.6. The molecule has 0 aliphatic heterocycles. The molecule has 0 bridgehead atoms. The second-order valence-electron chi connectivity index (χ2n) is 20.6. The van der Waals surface area contributed by atoms with Gasteiger partial charge in [-0.15, -0.1) is 0 Å². The lowest BCUT2D eigenvalue weighted by molar-refractivity contribution is -0.167. The van der Waals surface area contributed by atoms with E-state index in [-0.39, 0.29) is 31.1 Å². The van der Waals surface area contributed by atoms with Crippen molar-refractivity contribution in [2.45, 2.75) is 341 Å². The topological polar surface area (TPSA) is 78.9 Å². The first kappa shape index (κ1) is 65.9. The number of carbonyl (C=O) groups is 3. The van der Waals surface area contributed by atoms with E-state index >= 15 is 0 Å². The summed E-state index contributed by atoms with van der Waals surface area (Å²) in [6.07, 6.45) is 67.4. The Balaban J connectivity index is 4.29. The summed E-state index contributed by atoms with van der Waals surface area (Å²) < 4.78 is 16.9. The van der Waals surface area contributed by atoms with E-state index in [1.165, 1.54) is 231 Å². The number of rotatable bonds is 56. The van der Waals surface area contributed by atoms with Gasteiger partial charge in [0.2, 0.25) is 0 Å². The Morgan fingerprint density at radius 3 is 0.809 bits per heavy atom. The molecule has 1 unspecified atom stereocenters. The molecule has 0 fully saturated rings. The maximum Gasteiger partial charge on any atom is 0.306 e. The molecule has 0 saturated heterocycles. The van der Waals surface area contributed by atoms with E-state index < -0.39 is 6.10 Å². The number of allylic oxidation sites excluding steroid dienone is 4. The molecule has 68 heavy (non-hydrogen) atoms. The van der Waals surface area contributed by atoms with Crippen molar-refractivity contribution in [3.63, 3.8) is 0 Å². The van der Waals surface area contributed by atoms with Crippen molar-refractivity contribution in [1.29, 1.82) is 0 Å². The van der Waals surface area contributed by atoms with Crippen molar-refractivity contribution in [2.75, 3.05) is 13.2 Å². The fourth-order valence-corrected chi connectivity index (χ4v) is 9.12. The summed E-state index contributed by atoms with van der Waals surface area (Å²) in [6.45, 7) is 6.68. The minimum atomic E-state index is -0.768. The fraction of sp³-hybridized carbons (Fsp3) is 0.887. The highest BCUT2D eigenvalue weighted by Crippen LogP contribution is 2.17. The first-order valence-corrected chi connectivity index (χ1v) is 30.3. The molecule has 0 aliphatic carbocycles. The van der Waals surface area contributed by atoms with Gasteiger partial charge in [0.15, 0.2) is 6.10 Å². The molecule has 0 aliphatic rings. The van der Waals surface area contributed by atoms with Crippen LogP contribution in [-0.2, 0) is 28.6 Å². The molecule has 6 heteroatoms. The predicted octanol–water partition coefficient (Wildman–Crippen LogP) is 20.3. The molecule has 0 rings (SSSR count). The van der Waals surface area contributed by atoms with Crippen molar-refractivity contribution < 1.29 is 28.6 Å². The third kappa shape index (κ3) is 54.8. The zero-order valence-corrected chi connectivity index (χ0v) is 45.9. The van der Waals surface area contributed by atoms with Crippen LogP contribution in [-0.4, -0.2) is 37.2 Å². The zero-order valence-electron chi connectivity index (χ0n) is 45.9. The number of unbranched alkanes of at least 4 members (excludes halogenated alkanes) is 41. The summed E-state index contributed by atoms with van der Waals surface area (Å²) in [5, 5.41) is 0. The van der Waals surface area contributed by atoms with E-state index in [1.54, 1.807) is 0 Å². The van der Waals surface area contributed by atoms with Gasteiger partial charge in [0.25, 0.3) is 0 Å². The van der Waals surface area contributed by atoms with Crippen molar-refractivity contribution in [1.82, 2.24) is 0 Å². The highest BCUT2D eigenvalue weighted by atomic mass is 16.6. The smallest absolute Gasteiger partial charge is 0.306 e. The van der Waals surface area contributed by atoms with Gasteiger partial charge in [-0.2, -0.15) is 0 Å². The maximum absolute atomic E-state index is 12.9. The van der Waals surface area contributed by atoms with E-state index in [2.05, 4.69) is 45.1 Å². The number of carbonyl (C=O) groups excluding carboxylic acids is 3. The first-order chi connectivity index (χ1) is 33.5. The number of hydrogen-bond donors (Lipinski definition) is 0. The first-order valence-electron chi connectivity index (χ1n) is 30.3. The molecule has 0 aromatic carbocycles. The molecule has 0 heterocycles. The van der Waals surface area contributed by atoms with Crippen LogP contribution in [0.15, 0.2) is 24.3 Å². The van der Waals surface area contributed by atoms with Gasteiger partial charge in [0.1, 0.15) is 13.2 Å². The van der Waals surface area contributed by atoms with Crippen LogP contribution in [0.3, 0.4) is 0 Å². The normalized spacial score (nSPS) is 12.1. The lowest BCUT2D eigenvalue weighted by Crippen LogP contribution is -2.30. The van der Waals surface area contributed by atoms with Crippen LogP contribution in [0.2, 0.25) is 0 Å². The second kappa shape index (κ2) is 57.5. The third-order valence-corrected chi connectivity index (χ3v) is 13.7. The number of hydrogen-bond acceptors (Lipinski definition) is 6. The quantitative estimate of drug-likeness (QED) is 0.0262. The summed E-state index contributed by atoms with van der Waals surface area (Å²) in [6, 6.07) is 0. The number of ether oxygens (including phenoxy) is 3. The summed E-state index contributed by atoms with van der Waals surface area (Å²) in [7, 11) is 0. The van der Waals surface area contributed by atoms with Gasteiger partial charge in [0, 0.05) is 19.3 Å². The molecule has 0 aromatic heterocycles. The van der Waals surface area contributed by atoms with Gasteiger partial charge < -0.3 is 14.2 Å². The SMILES string of the molecule is CCCCCCC/C=C\C/C=C\CCCCCCCCCCCC(=O)OCC(COC(=O)CCCCCCCCCCCCCCC)OC(=O)CCCCCCCCCCCCCCCCCC. The average molecular weight is 958 g/mol. The maximum atomic E-state index is 12.9. The van der Waals surface area contributed by atoms with Crippen molar-refractivity contribution in [2.24, 2.45) is 0 Å². The van der Waals surface area contributed by atoms with Gasteiger partial charge in [-0.25, -0.2) is 0 Å². The predicted molar refractivity (Wildman–Crippen MR) is 293 cm³/mol. The van der Waals surface area contributed by atoms with E-state index in [1.807, 2.05) is 0 Å². The molecule has 0 aromatic rings. The van der Waals surface area contributed by atoms with Crippen LogP contribution in [0.5, 0.6) is 0 Å². The lowest BCUT2D eigenvalue weighted by atomic mass is 10.0. The third-order valence-electron chi connectivity index (χ3n) is 13.7. The van der Waals surface area contributed by atoms with Crippen molar-refractivity contribution >= 4 is 17.9 Å². The molecule has 6 nitrogen and oxygen atoms in total. The summed E-state index contributed by atoms with van der Waals surface area (Å²) in [5.74, 6) is -0.847. The van der Waals surface area contributed by atoms with Gasteiger partial charge in [-0.05, 0) is 51.4 Å². The Hall–Kier alpha value is -2.11. The molecule has 400 valence electrons. The Kier molecular flexibility index (Phi) is 55.7. The van der Waals surface area contributed by atoms with E-state index in [4.69, 9.17) is 14.2 Å². The van der Waals surface area contributed by atoms with Crippen LogP contribution in [0.25, 0.3) is 0 Å². The highest BCUT2D eigenvalue weighted by molar-refractivity contribution is 5.71. The fourth-order valence-electron chi connectivity index (χ4n) is 9.12. The van der Waals surface area contributed by atoms with Crippen molar-refractivity contribution in [3.8, 4) is 0 Å². The van der Waals surface area contributed by atoms with Gasteiger partial charge in [-0.3, -0.25) is 14.4 Å². The molecule has 0 saturated carbocycles. The largest absolute Gasteiger partial charge is 0.462 e. The van der Waals surface area contributed by atoms with Crippen molar-refractivity contribution in [3.05, 3.63) is 24.3 Å². The Bertz CT molecular complexity index is 1100. The van der Waals surface area contributed by atoms with Crippen LogP contribution in [0.4, 0.5) is 0 Å². The Morgan fingerprint density at radius 1 is 0.294 bits per heavy atom. The van der Waals surface area contributed by atoms with Crippen LogP contribution in [0, 0.1) is 0 Å². The van der Waals surface area contributed by atoms with E-state index in [0.29, 0.717) is 19.3 Å². The lowest BCUT2D eigenvalue weighted by Gasteiger charge is -2.18. The molecule has 0 spiro atoms. The molecule has 1 atom stereocenters. The van der Waals surface area contributed by atoms with Gasteiger partial charge in [0.05, 0.1) is 0 Å². The highest BCUT2D eigenvalue weighted by Gasteiger charge is 2.19. The molecule has 0 amide bonds. The van der Waals surface area contributed by atoms with Crippen LogP contribution >= 0.6 is 0 Å². The van der Waals surface area contributed by atoms with Gasteiger partial charge >= 0.3 is 17.9 Å². The zero-order chi connectivity index (χ0) is 49.3. The average Bonchev–Trinajstić information content (AvgIpc) is 3.34. The standard InChI is InChI=1S/C62H116O6/c1-4-7-10-13-16-19-22-25-27-29-30-31-32-33-35-37-40-43-46-49-52-55-61(64)67-58-59(57-66-60(63)54-51-48-45-42-39-36-24-21-18-15-12-9-6-3)68-62(65)56-53-50-47-44-41-38-34-28-26-23-20-17-14-11-8-5-2/h22,25,29-30,59H,4-21,23-24,26-28,31-58H2,1-3H3/b25-22-,30-29-. The minimum Gasteiger partial charge on any atom is -0.462 e.